The third-order valence-electron chi connectivity index (χ3n) is 4.36. The number of phenols is 1. The fourth-order valence-electron chi connectivity index (χ4n) is 2.96. The van der Waals surface area contributed by atoms with Crippen molar-refractivity contribution in [2.24, 2.45) is 0 Å². The van der Waals surface area contributed by atoms with E-state index >= 15 is 0 Å². The third-order valence-corrected chi connectivity index (χ3v) is 6.10. The molecule has 0 aliphatic heterocycles. The van der Waals surface area contributed by atoms with Gasteiger partial charge in [-0.05, 0) is 42.8 Å². The molecule has 30 heavy (non-hydrogen) atoms. The van der Waals surface area contributed by atoms with Gasteiger partial charge >= 0.3 is 0 Å². The molecule has 3 aromatic rings. The number of benzene rings is 3. The molecular weight excluding hydrogens is 436 g/mol. The van der Waals surface area contributed by atoms with Crippen LogP contribution in [-0.2, 0) is 20.2 Å². The number of hydrogen-bond acceptors (Lipinski definition) is 7. The van der Waals surface area contributed by atoms with Gasteiger partial charge in [0, 0.05) is 28.1 Å². The first-order valence-electron chi connectivity index (χ1n) is 8.21. The summed E-state index contributed by atoms with van der Waals surface area (Å²) < 4.78 is 65.1. The van der Waals surface area contributed by atoms with Crippen molar-refractivity contribution in [3.63, 3.8) is 0 Å². The van der Waals surface area contributed by atoms with Crippen LogP contribution >= 0.6 is 0 Å². The van der Waals surface area contributed by atoms with Crippen LogP contribution in [0.3, 0.4) is 0 Å². The predicted molar refractivity (Wildman–Crippen MR) is 109 cm³/mol. The standard InChI is InChI=1S/C18H16N2O8S2/c1-9-2-3-10(19)6-12(9)18(22)20-14-4-5-16(30(26,27)28)13-7-11(29(23,24)25)8-15(21)17(13)14/h2-8,21H,19H2,1H3,(H,20,22)(H,23,24,25)(H,26,27,28). The van der Waals surface area contributed by atoms with Crippen LogP contribution in [0.5, 0.6) is 5.75 Å². The SMILES string of the molecule is Cc1ccc(N)cc1C(=O)Nc1ccc(S(=O)(=O)O)c2cc(S(=O)(=O)O)cc(O)c12. The first kappa shape index (κ1) is 21.5. The summed E-state index contributed by atoms with van der Waals surface area (Å²) in [4.78, 5) is 11.2. The van der Waals surface area contributed by atoms with E-state index in [1.165, 1.54) is 6.07 Å². The highest BCUT2D eigenvalue weighted by atomic mass is 32.2. The minimum Gasteiger partial charge on any atom is -0.507 e. The average Bonchev–Trinajstić information content (AvgIpc) is 2.61. The Morgan fingerprint density at radius 2 is 1.63 bits per heavy atom. The fourth-order valence-corrected chi connectivity index (χ4v) is 4.17. The van der Waals surface area contributed by atoms with Crippen molar-refractivity contribution >= 4 is 48.3 Å². The number of nitrogens with two attached hydrogens (primary N) is 1. The van der Waals surface area contributed by atoms with Gasteiger partial charge < -0.3 is 16.2 Å². The Hall–Kier alpha value is -3.19. The Kier molecular flexibility index (Phi) is 5.20. The monoisotopic (exact) mass is 452 g/mol. The molecule has 0 radical (unpaired) electrons. The molecule has 0 aliphatic carbocycles. The van der Waals surface area contributed by atoms with Crippen molar-refractivity contribution in [3.05, 3.63) is 53.6 Å². The molecule has 0 bridgehead atoms. The maximum absolute atomic E-state index is 12.7. The van der Waals surface area contributed by atoms with E-state index in [-0.39, 0.29) is 16.6 Å². The maximum atomic E-state index is 12.7. The first-order valence-corrected chi connectivity index (χ1v) is 11.1. The molecule has 0 aliphatic rings. The van der Waals surface area contributed by atoms with E-state index in [0.717, 1.165) is 18.2 Å². The van der Waals surface area contributed by atoms with Crippen LogP contribution in [0.1, 0.15) is 15.9 Å². The second-order valence-electron chi connectivity index (χ2n) is 6.45. The molecule has 158 valence electrons. The summed E-state index contributed by atoms with van der Waals surface area (Å²) >= 11 is 0. The van der Waals surface area contributed by atoms with Crippen molar-refractivity contribution in [2.75, 3.05) is 11.1 Å². The predicted octanol–water partition coefficient (Wildman–Crippen LogP) is 2.18. The molecule has 3 aromatic carbocycles. The number of aryl methyl sites for hydroxylation is 1. The van der Waals surface area contributed by atoms with Gasteiger partial charge in [0.1, 0.15) is 10.6 Å². The van der Waals surface area contributed by atoms with Crippen LogP contribution in [0, 0.1) is 6.92 Å². The van der Waals surface area contributed by atoms with Gasteiger partial charge in [-0.2, -0.15) is 16.8 Å². The molecule has 0 unspecified atom stereocenters. The zero-order valence-corrected chi connectivity index (χ0v) is 17.0. The number of fused-ring (bicyclic) bond motifs is 1. The van der Waals surface area contributed by atoms with Gasteiger partial charge in [-0.25, -0.2) is 0 Å². The van der Waals surface area contributed by atoms with E-state index in [2.05, 4.69) is 5.32 Å². The Morgan fingerprint density at radius 3 is 2.23 bits per heavy atom. The minimum absolute atomic E-state index is 0.0661. The highest BCUT2D eigenvalue weighted by Gasteiger charge is 2.23. The molecule has 0 saturated heterocycles. The van der Waals surface area contributed by atoms with Crippen molar-refractivity contribution in [2.45, 2.75) is 16.7 Å². The molecule has 6 N–H and O–H groups in total. The number of carbonyl (C=O) groups excluding carboxylic acids is 1. The zero-order valence-electron chi connectivity index (χ0n) is 15.3. The largest absolute Gasteiger partial charge is 0.507 e. The minimum atomic E-state index is -4.83. The lowest BCUT2D eigenvalue weighted by molar-refractivity contribution is 0.102. The van der Waals surface area contributed by atoms with E-state index in [1.54, 1.807) is 19.1 Å². The highest BCUT2D eigenvalue weighted by Crippen LogP contribution is 2.38. The summed E-state index contributed by atoms with van der Waals surface area (Å²) in [5, 5.41) is 12.2. The summed E-state index contributed by atoms with van der Waals surface area (Å²) in [5.41, 5.74) is 6.78. The summed E-state index contributed by atoms with van der Waals surface area (Å²) in [6, 6.07) is 8.15. The average molecular weight is 452 g/mol. The molecular formula is C18H16N2O8S2. The number of aromatic hydroxyl groups is 1. The van der Waals surface area contributed by atoms with Gasteiger partial charge in [0.2, 0.25) is 0 Å². The number of rotatable bonds is 4. The molecule has 0 aromatic heterocycles. The Bertz CT molecular complexity index is 1410. The van der Waals surface area contributed by atoms with Crippen molar-refractivity contribution < 1.29 is 35.8 Å². The summed E-state index contributed by atoms with van der Waals surface area (Å²) in [7, 11) is -9.64. The van der Waals surface area contributed by atoms with E-state index in [4.69, 9.17) is 5.73 Å². The second-order valence-corrected chi connectivity index (χ2v) is 9.27. The quantitative estimate of drug-likeness (QED) is 0.292. The number of nitrogens with one attached hydrogen (secondary N) is 1. The molecule has 0 fully saturated rings. The van der Waals surface area contributed by atoms with Gasteiger partial charge in [-0.3, -0.25) is 13.9 Å². The number of hydrogen-bond donors (Lipinski definition) is 5. The summed E-state index contributed by atoms with van der Waals surface area (Å²) in [5.74, 6) is -1.37. The molecule has 0 spiro atoms. The number of nitrogen functional groups attached to an aromatic ring is 1. The van der Waals surface area contributed by atoms with Crippen molar-refractivity contribution in [1.29, 1.82) is 0 Å². The maximum Gasteiger partial charge on any atom is 0.295 e. The third kappa shape index (κ3) is 4.07. The van der Waals surface area contributed by atoms with E-state index in [0.29, 0.717) is 17.3 Å². The molecule has 0 atom stereocenters. The van der Waals surface area contributed by atoms with Gasteiger partial charge in [0.25, 0.3) is 26.1 Å². The van der Waals surface area contributed by atoms with Crippen LogP contribution in [0.25, 0.3) is 10.8 Å². The number of carbonyl (C=O) groups is 1. The number of anilines is 2. The molecule has 12 heteroatoms. The van der Waals surface area contributed by atoms with Crippen molar-refractivity contribution in [1.82, 2.24) is 0 Å². The van der Waals surface area contributed by atoms with Gasteiger partial charge in [0.05, 0.1) is 10.6 Å². The van der Waals surface area contributed by atoms with E-state index in [1.807, 2.05) is 0 Å². The Labute approximate surface area is 171 Å². The summed E-state index contributed by atoms with van der Waals surface area (Å²) in [6.07, 6.45) is 0. The lowest BCUT2D eigenvalue weighted by Gasteiger charge is -2.14. The van der Waals surface area contributed by atoms with Crippen molar-refractivity contribution in [3.8, 4) is 5.75 Å². The van der Waals surface area contributed by atoms with Crippen LogP contribution < -0.4 is 11.1 Å². The van der Waals surface area contributed by atoms with Crippen LogP contribution in [0.4, 0.5) is 11.4 Å². The van der Waals surface area contributed by atoms with Gasteiger partial charge in [0.15, 0.2) is 0 Å². The first-order chi connectivity index (χ1) is 13.8. The highest BCUT2D eigenvalue weighted by molar-refractivity contribution is 7.86. The smallest absolute Gasteiger partial charge is 0.295 e. The fraction of sp³-hybridized carbons (Fsp3) is 0.0556. The normalized spacial score (nSPS) is 12.1. The number of phenolic OH excluding ortho intramolecular Hbond substituents is 1. The topological polar surface area (TPSA) is 184 Å². The zero-order chi connectivity index (χ0) is 22.4. The van der Waals surface area contributed by atoms with Gasteiger partial charge in [-0.1, -0.05) is 6.07 Å². The Morgan fingerprint density at radius 1 is 0.967 bits per heavy atom. The molecule has 10 nitrogen and oxygen atoms in total. The molecule has 3 rings (SSSR count). The van der Waals surface area contributed by atoms with E-state index in [9.17, 15) is 35.8 Å². The van der Waals surface area contributed by atoms with Crippen LogP contribution in [0.15, 0.2) is 52.3 Å². The second kappa shape index (κ2) is 7.25. The van der Waals surface area contributed by atoms with Crippen LogP contribution in [-0.4, -0.2) is 37.0 Å². The van der Waals surface area contributed by atoms with E-state index < -0.39 is 47.1 Å². The van der Waals surface area contributed by atoms with Crippen LogP contribution in [0.2, 0.25) is 0 Å². The lowest BCUT2D eigenvalue weighted by Crippen LogP contribution is -2.14. The van der Waals surface area contributed by atoms with Gasteiger partial charge in [-0.15, -0.1) is 0 Å². The molecule has 0 heterocycles. The Balaban J connectivity index is 2.26. The lowest BCUT2D eigenvalue weighted by atomic mass is 10.1. The molecule has 1 amide bonds. The summed E-state index contributed by atoms with van der Waals surface area (Å²) in [6.45, 7) is 1.67. The number of amides is 1. The molecule has 0 saturated carbocycles.